The topological polar surface area (TPSA) is 78.8 Å². The number of rotatable bonds is 7. The predicted molar refractivity (Wildman–Crippen MR) is 94.8 cm³/mol. The lowest BCUT2D eigenvalue weighted by Crippen LogP contribution is -2.51. The normalized spacial score (nSPS) is 15.7. The van der Waals surface area contributed by atoms with Gasteiger partial charge in [-0.05, 0) is 45.1 Å². The average molecular weight is 337 g/mol. The van der Waals surface area contributed by atoms with E-state index in [1.165, 1.54) is 0 Å². The van der Waals surface area contributed by atoms with Gasteiger partial charge in [0, 0.05) is 0 Å². The Labute approximate surface area is 145 Å². The molecule has 0 aliphatic carbocycles. The highest BCUT2D eigenvalue weighted by molar-refractivity contribution is 5.68. The van der Waals surface area contributed by atoms with Gasteiger partial charge in [-0.3, -0.25) is 0 Å². The second-order valence-electron chi connectivity index (χ2n) is 7.63. The van der Waals surface area contributed by atoms with E-state index in [2.05, 4.69) is 5.32 Å². The molecular weight excluding hydrogens is 306 g/mol. The molecule has 0 heterocycles. The highest BCUT2D eigenvalue weighted by Gasteiger charge is 2.30. The molecule has 24 heavy (non-hydrogen) atoms. The third-order valence-electron chi connectivity index (χ3n) is 3.52. The molecule has 0 fully saturated rings. The number of hydrogen-bond donors (Lipinski definition) is 3. The lowest BCUT2D eigenvalue weighted by molar-refractivity contribution is -0.0177. The Morgan fingerprint density at radius 2 is 1.75 bits per heavy atom. The van der Waals surface area contributed by atoms with Crippen LogP contribution >= 0.6 is 0 Å². The summed E-state index contributed by atoms with van der Waals surface area (Å²) < 4.78 is 5.27. The van der Waals surface area contributed by atoms with Gasteiger partial charge in [0.2, 0.25) is 0 Å². The van der Waals surface area contributed by atoms with Crippen LogP contribution in [0.5, 0.6) is 0 Å². The highest BCUT2D eigenvalue weighted by atomic mass is 16.6. The highest BCUT2D eigenvalue weighted by Crippen LogP contribution is 2.15. The van der Waals surface area contributed by atoms with Crippen molar-refractivity contribution in [3.05, 3.63) is 35.9 Å². The summed E-state index contributed by atoms with van der Waals surface area (Å²) in [6.45, 7) is 9.29. The summed E-state index contributed by atoms with van der Waals surface area (Å²) in [5.74, 6) is 0.244. The first kappa shape index (κ1) is 20.5. The number of aliphatic hydroxyl groups is 2. The molecule has 1 amide bonds. The van der Waals surface area contributed by atoms with E-state index in [1.807, 2.05) is 44.2 Å². The SMILES string of the molecule is CC(C)C[C@H](O)[C@H](O)C(Cc1ccccc1)NC(=O)OC(C)(C)C. The van der Waals surface area contributed by atoms with Gasteiger partial charge in [-0.15, -0.1) is 0 Å². The van der Waals surface area contributed by atoms with Crippen molar-refractivity contribution in [3.63, 3.8) is 0 Å². The molecule has 0 aliphatic heterocycles. The van der Waals surface area contributed by atoms with Crippen molar-refractivity contribution >= 4 is 6.09 Å². The molecule has 0 saturated heterocycles. The number of carbonyl (C=O) groups is 1. The van der Waals surface area contributed by atoms with Crippen LogP contribution in [0.1, 0.15) is 46.6 Å². The first-order valence-corrected chi connectivity index (χ1v) is 8.48. The fourth-order valence-corrected chi connectivity index (χ4v) is 2.47. The number of benzene rings is 1. The Bertz CT molecular complexity index is 496. The molecule has 1 unspecified atom stereocenters. The van der Waals surface area contributed by atoms with Crippen molar-refractivity contribution in [2.75, 3.05) is 0 Å². The maximum absolute atomic E-state index is 12.1. The quantitative estimate of drug-likeness (QED) is 0.715. The number of ether oxygens (including phenoxy) is 1. The zero-order valence-corrected chi connectivity index (χ0v) is 15.3. The molecule has 0 spiro atoms. The van der Waals surface area contributed by atoms with Crippen LogP contribution < -0.4 is 5.32 Å². The van der Waals surface area contributed by atoms with Crippen LogP contribution in [-0.4, -0.2) is 40.2 Å². The molecule has 1 rings (SSSR count). The standard InChI is InChI=1S/C19H31NO4/c1-13(2)11-16(21)17(22)15(12-14-9-7-6-8-10-14)20-18(23)24-19(3,4)5/h6-10,13,15-17,21-22H,11-12H2,1-5H3,(H,20,23)/t15?,16-,17+/m0/s1. The van der Waals surface area contributed by atoms with Crippen LogP contribution in [0.3, 0.4) is 0 Å². The Hall–Kier alpha value is -1.59. The van der Waals surface area contributed by atoms with E-state index in [-0.39, 0.29) is 5.92 Å². The number of nitrogens with one attached hydrogen (secondary N) is 1. The van der Waals surface area contributed by atoms with E-state index in [1.54, 1.807) is 20.8 Å². The maximum Gasteiger partial charge on any atom is 0.407 e. The van der Waals surface area contributed by atoms with Crippen molar-refractivity contribution < 1.29 is 19.7 Å². The van der Waals surface area contributed by atoms with Crippen LogP contribution in [0.25, 0.3) is 0 Å². The monoisotopic (exact) mass is 337 g/mol. The van der Waals surface area contributed by atoms with E-state index in [0.29, 0.717) is 12.8 Å². The van der Waals surface area contributed by atoms with Gasteiger partial charge < -0.3 is 20.3 Å². The van der Waals surface area contributed by atoms with Gasteiger partial charge in [0.1, 0.15) is 11.7 Å². The molecule has 0 saturated carbocycles. The summed E-state index contributed by atoms with van der Waals surface area (Å²) in [4.78, 5) is 12.1. The molecule has 1 aromatic rings. The number of carbonyl (C=O) groups excluding carboxylic acids is 1. The first-order chi connectivity index (χ1) is 11.1. The smallest absolute Gasteiger partial charge is 0.407 e. The minimum absolute atomic E-state index is 0.244. The van der Waals surface area contributed by atoms with E-state index >= 15 is 0 Å². The molecule has 3 N–H and O–H groups in total. The third-order valence-corrected chi connectivity index (χ3v) is 3.52. The van der Waals surface area contributed by atoms with E-state index < -0.39 is 29.9 Å². The van der Waals surface area contributed by atoms with Crippen molar-refractivity contribution in [1.29, 1.82) is 0 Å². The Kier molecular flexibility index (Phi) is 7.70. The van der Waals surface area contributed by atoms with E-state index in [0.717, 1.165) is 5.56 Å². The number of hydrogen-bond acceptors (Lipinski definition) is 4. The molecule has 0 aliphatic rings. The van der Waals surface area contributed by atoms with Gasteiger partial charge in [-0.2, -0.15) is 0 Å². The zero-order chi connectivity index (χ0) is 18.3. The molecule has 0 radical (unpaired) electrons. The molecule has 0 bridgehead atoms. The van der Waals surface area contributed by atoms with Gasteiger partial charge >= 0.3 is 6.09 Å². The summed E-state index contributed by atoms with van der Waals surface area (Å²) >= 11 is 0. The minimum Gasteiger partial charge on any atom is -0.444 e. The van der Waals surface area contributed by atoms with E-state index in [9.17, 15) is 15.0 Å². The second-order valence-corrected chi connectivity index (χ2v) is 7.63. The van der Waals surface area contributed by atoms with Gasteiger partial charge in [0.05, 0.1) is 12.1 Å². The molecule has 5 nitrogen and oxygen atoms in total. The average Bonchev–Trinajstić information content (AvgIpc) is 2.44. The summed E-state index contributed by atoms with van der Waals surface area (Å²) in [7, 11) is 0. The van der Waals surface area contributed by atoms with Crippen LogP contribution in [0.4, 0.5) is 4.79 Å². The van der Waals surface area contributed by atoms with Crippen molar-refractivity contribution in [2.45, 2.75) is 71.3 Å². The first-order valence-electron chi connectivity index (χ1n) is 8.48. The van der Waals surface area contributed by atoms with Gasteiger partial charge in [-0.1, -0.05) is 44.2 Å². The van der Waals surface area contributed by atoms with Gasteiger partial charge in [-0.25, -0.2) is 4.79 Å². The molecule has 0 aromatic heterocycles. The summed E-state index contributed by atoms with van der Waals surface area (Å²) in [6.07, 6.45) is -1.70. The van der Waals surface area contributed by atoms with Crippen LogP contribution in [0.15, 0.2) is 30.3 Å². The van der Waals surface area contributed by atoms with Crippen molar-refractivity contribution in [2.24, 2.45) is 5.92 Å². The van der Waals surface area contributed by atoms with Crippen LogP contribution in [0.2, 0.25) is 0 Å². The lowest BCUT2D eigenvalue weighted by atomic mass is 9.93. The number of amides is 1. The summed E-state index contributed by atoms with van der Waals surface area (Å²) in [5.41, 5.74) is 0.345. The molecular formula is C19H31NO4. The molecule has 5 heteroatoms. The second kappa shape index (κ2) is 9.04. The van der Waals surface area contributed by atoms with Gasteiger partial charge in [0.15, 0.2) is 0 Å². The van der Waals surface area contributed by atoms with Crippen molar-refractivity contribution in [3.8, 4) is 0 Å². The van der Waals surface area contributed by atoms with Crippen LogP contribution in [0, 0.1) is 5.92 Å². The number of aliphatic hydroxyl groups excluding tert-OH is 2. The fourth-order valence-electron chi connectivity index (χ4n) is 2.47. The molecule has 136 valence electrons. The van der Waals surface area contributed by atoms with Crippen LogP contribution in [-0.2, 0) is 11.2 Å². The third kappa shape index (κ3) is 7.79. The maximum atomic E-state index is 12.1. The summed E-state index contributed by atoms with van der Waals surface area (Å²) in [5, 5.41) is 23.5. The zero-order valence-electron chi connectivity index (χ0n) is 15.3. The molecule has 1 aromatic carbocycles. The Morgan fingerprint density at radius 3 is 2.25 bits per heavy atom. The fraction of sp³-hybridized carbons (Fsp3) is 0.632. The minimum atomic E-state index is -1.07. The Morgan fingerprint density at radius 1 is 1.17 bits per heavy atom. The number of alkyl carbamates (subject to hydrolysis) is 1. The molecule has 3 atom stereocenters. The van der Waals surface area contributed by atoms with Gasteiger partial charge in [0.25, 0.3) is 0 Å². The summed E-state index contributed by atoms with van der Waals surface area (Å²) in [6, 6.07) is 8.92. The largest absolute Gasteiger partial charge is 0.444 e. The van der Waals surface area contributed by atoms with Crippen molar-refractivity contribution in [1.82, 2.24) is 5.32 Å². The lowest BCUT2D eigenvalue weighted by Gasteiger charge is -2.30. The van der Waals surface area contributed by atoms with E-state index in [4.69, 9.17) is 4.74 Å². The predicted octanol–water partition coefficient (Wildman–Crippen LogP) is 2.89. The Balaban J connectivity index is 2.84.